The Labute approximate surface area is 312 Å². The molecule has 2 heterocycles. The smallest absolute Gasteiger partial charge is 0.137 e. The van der Waals surface area contributed by atoms with Gasteiger partial charge in [0.15, 0.2) is 0 Å². The van der Waals surface area contributed by atoms with Crippen molar-refractivity contribution in [1.29, 1.82) is 0 Å². The number of anilines is 3. The van der Waals surface area contributed by atoms with E-state index < -0.39 is 0 Å². The molecule has 0 amide bonds. The standard InChI is InChI=1S/C49H36N2OS/c1-49(2,3)36-24-21-33(22-25-36)48-50-47-44(53-48)28-23-32-19-20-35-30-38(26-27-39(35)45(32)47)51(37-14-9-13-34(29-37)31-11-5-4-6-12-31)41-16-10-18-43-46(41)40-15-7-8-17-42(40)52-43/h4-30H,1-3H3. The second-order valence-electron chi connectivity index (χ2n) is 14.8. The molecule has 0 N–H and O–H groups in total. The van der Waals surface area contributed by atoms with Crippen molar-refractivity contribution in [3.63, 3.8) is 0 Å². The zero-order chi connectivity index (χ0) is 35.7. The highest BCUT2D eigenvalue weighted by molar-refractivity contribution is 7.21. The number of benzene rings is 8. The number of furan rings is 1. The average Bonchev–Trinajstić information content (AvgIpc) is 3.81. The Morgan fingerprint density at radius 3 is 2.09 bits per heavy atom. The molecule has 10 rings (SSSR count). The fourth-order valence-corrected chi connectivity index (χ4v) is 8.71. The summed E-state index contributed by atoms with van der Waals surface area (Å²) in [4.78, 5) is 7.68. The van der Waals surface area contributed by atoms with Crippen LogP contribution in [0.15, 0.2) is 168 Å². The highest BCUT2D eigenvalue weighted by Crippen LogP contribution is 2.45. The van der Waals surface area contributed by atoms with E-state index >= 15 is 0 Å². The first-order valence-electron chi connectivity index (χ1n) is 18.1. The predicted octanol–water partition coefficient (Wildman–Crippen LogP) is 14.6. The monoisotopic (exact) mass is 700 g/mol. The van der Waals surface area contributed by atoms with Crippen molar-refractivity contribution < 1.29 is 4.42 Å². The number of hydrogen-bond donors (Lipinski definition) is 0. The van der Waals surface area contributed by atoms with Crippen molar-refractivity contribution >= 4 is 82.1 Å². The summed E-state index contributed by atoms with van der Waals surface area (Å²) in [5.74, 6) is 0. The van der Waals surface area contributed by atoms with Crippen LogP contribution in [0.4, 0.5) is 17.1 Å². The lowest BCUT2D eigenvalue weighted by molar-refractivity contribution is 0.590. The van der Waals surface area contributed by atoms with Gasteiger partial charge in [0.1, 0.15) is 16.2 Å². The molecular formula is C49H36N2OS. The minimum Gasteiger partial charge on any atom is -0.456 e. The van der Waals surface area contributed by atoms with Gasteiger partial charge in [-0.25, -0.2) is 4.98 Å². The molecule has 0 atom stereocenters. The van der Waals surface area contributed by atoms with Crippen LogP contribution in [-0.2, 0) is 5.41 Å². The third kappa shape index (κ3) is 5.37. The third-order valence-electron chi connectivity index (χ3n) is 10.4. The van der Waals surface area contributed by atoms with Gasteiger partial charge in [-0.3, -0.25) is 0 Å². The Morgan fingerprint density at radius 2 is 1.25 bits per heavy atom. The zero-order valence-electron chi connectivity index (χ0n) is 29.8. The molecule has 0 saturated heterocycles. The van der Waals surface area contributed by atoms with E-state index in [1.54, 1.807) is 11.3 Å². The molecule has 10 aromatic rings. The summed E-state index contributed by atoms with van der Waals surface area (Å²) < 4.78 is 7.59. The number of nitrogens with zero attached hydrogens (tertiary/aromatic N) is 2. The molecule has 4 heteroatoms. The SMILES string of the molecule is CC(C)(C)c1ccc(-c2nc3c(ccc4ccc5cc(N(c6cccc(-c7ccccc7)c6)c6cccc7oc8ccccc8c67)ccc5c43)s2)cc1. The number of para-hydroxylation sites is 1. The minimum absolute atomic E-state index is 0.110. The zero-order valence-corrected chi connectivity index (χ0v) is 30.6. The summed E-state index contributed by atoms with van der Waals surface area (Å²) >= 11 is 1.76. The van der Waals surface area contributed by atoms with E-state index in [0.29, 0.717) is 0 Å². The fourth-order valence-electron chi connectivity index (χ4n) is 7.73. The molecule has 0 spiro atoms. The van der Waals surface area contributed by atoms with Crippen LogP contribution < -0.4 is 4.90 Å². The molecule has 53 heavy (non-hydrogen) atoms. The number of rotatable bonds is 5. The van der Waals surface area contributed by atoms with E-state index in [1.807, 2.05) is 12.1 Å². The molecule has 3 nitrogen and oxygen atoms in total. The van der Waals surface area contributed by atoms with E-state index in [0.717, 1.165) is 55.1 Å². The van der Waals surface area contributed by atoms with Crippen LogP contribution in [0, 0.1) is 0 Å². The molecule has 0 bridgehead atoms. The summed E-state index contributed by atoms with van der Waals surface area (Å²) in [7, 11) is 0. The second kappa shape index (κ2) is 12.2. The third-order valence-corrected chi connectivity index (χ3v) is 11.5. The maximum atomic E-state index is 6.39. The Bertz CT molecular complexity index is 2990. The van der Waals surface area contributed by atoms with E-state index in [2.05, 4.69) is 177 Å². The average molecular weight is 701 g/mol. The molecule has 0 aliphatic heterocycles. The van der Waals surface area contributed by atoms with Crippen LogP contribution in [0.3, 0.4) is 0 Å². The van der Waals surface area contributed by atoms with Crippen LogP contribution in [0.25, 0.3) is 75.4 Å². The van der Waals surface area contributed by atoms with Crippen molar-refractivity contribution in [2.75, 3.05) is 4.90 Å². The van der Waals surface area contributed by atoms with Crippen molar-refractivity contribution in [1.82, 2.24) is 4.98 Å². The summed E-state index contributed by atoms with van der Waals surface area (Å²) in [6, 6.07) is 58.8. The van der Waals surface area contributed by atoms with Gasteiger partial charge in [0, 0.05) is 27.7 Å². The fraction of sp³-hybridized carbons (Fsp3) is 0.0816. The van der Waals surface area contributed by atoms with Crippen molar-refractivity contribution in [3.05, 3.63) is 169 Å². The van der Waals surface area contributed by atoms with E-state index in [1.165, 1.54) is 42.9 Å². The summed E-state index contributed by atoms with van der Waals surface area (Å²) in [6.45, 7) is 6.76. The molecule has 0 aliphatic carbocycles. The van der Waals surface area contributed by atoms with Crippen LogP contribution in [0.2, 0.25) is 0 Å². The van der Waals surface area contributed by atoms with Crippen LogP contribution >= 0.6 is 11.3 Å². The van der Waals surface area contributed by atoms with Crippen molar-refractivity contribution in [3.8, 4) is 21.7 Å². The Balaban J connectivity index is 1.16. The van der Waals surface area contributed by atoms with Crippen molar-refractivity contribution in [2.24, 2.45) is 0 Å². The van der Waals surface area contributed by atoms with E-state index in [9.17, 15) is 0 Å². The predicted molar refractivity (Wildman–Crippen MR) is 226 cm³/mol. The first kappa shape index (κ1) is 31.5. The molecule has 0 aliphatic rings. The maximum absolute atomic E-state index is 6.39. The Morgan fingerprint density at radius 1 is 0.528 bits per heavy atom. The van der Waals surface area contributed by atoms with Gasteiger partial charge in [-0.15, -0.1) is 11.3 Å². The number of aromatic nitrogens is 1. The molecule has 8 aromatic carbocycles. The molecular weight excluding hydrogens is 665 g/mol. The van der Waals surface area contributed by atoms with Gasteiger partial charge >= 0.3 is 0 Å². The summed E-state index contributed by atoms with van der Waals surface area (Å²) in [5.41, 5.74) is 11.0. The molecule has 2 aromatic heterocycles. The van der Waals surface area contributed by atoms with Gasteiger partial charge in [0.25, 0.3) is 0 Å². The Kier molecular flexibility index (Phi) is 7.24. The Hall–Kier alpha value is -6.23. The van der Waals surface area contributed by atoms with Crippen LogP contribution in [0.5, 0.6) is 0 Å². The molecule has 254 valence electrons. The van der Waals surface area contributed by atoms with Crippen molar-refractivity contribution in [2.45, 2.75) is 26.2 Å². The number of hydrogen-bond acceptors (Lipinski definition) is 4. The largest absolute Gasteiger partial charge is 0.456 e. The van der Waals surface area contributed by atoms with Crippen LogP contribution in [0.1, 0.15) is 26.3 Å². The lowest BCUT2D eigenvalue weighted by Gasteiger charge is -2.27. The van der Waals surface area contributed by atoms with Gasteiger partial charge in [0.2, 0.25) is 0 Å². The van der Waals surface area contributed by atoms with Gasteiger partial charge < -0.3 is 9.32 Å². The molecule has 0 fully saturated rings. The van der Waals surface area contributed by atoms with Crippen LogP contribution in [-0.4, -0.2) is 4.98 Å². The summed E-state index contributed by atoms with van der Waals surface area (Å²) in [5, 5.41) is 8.00. The van der Waals surface area contributed by atoms with E-state index in [4.69, 9.17) is 9.40 Å². The highest BCUT2D eigenvalue weighted by Gasteiger charge is 2.21. The number of thiazole rings is 1. The first-order chi connectivity index (χ1) is 25.9. The lowest BCUT2D eigenvalue weighted by Crippen LogP contribution is -2.10. The quantitative estimate of drug-likeness (QED) is 0.167. The second-order valence-corrected chi connectivity index (χ2v) is 15.9. The molecule has 0 radical (unpaired) electrons. The highest BCUT2D eigenvalue weighted by atomic mass is 32.1. The van der Waals surface area contributed by atoms with Gasteiger partial charge in [-0.1, -0.05) is 136 Å². The first-order valence-corrected chi connectivity index (χ1v) is 18.9. The number of fused-ring (bicyclic) bond motifs is 8. The maximum Gasteiger partial charge on any atom is 0.137 e. The topological polar surface area (TPSA) is 29.3 Å². The minimum atomic E-state index is 0.110. The summed E-state index contributed by atoms with van der Waals surface area (Å²) in [6.07, 6.45) is 0. The van der Waals surface area contributed by atoms with Gasteiger partial charge in [-0.2, -0.15) is 0 Å². The van der Waals surface area contributed by atoms with Gasteiger partial charge in [-0.05, 0) is 86.8 Å². The van der Waals surface area contributed by atoms with E-state index in [-0.39, 0.29) is 5.41 Å². The lowest BCUT2D eigenvalue weighted by atomic mass is 9.87. The van der Waals surface area contributed by atoms with Gasteiger partial charge in [0.05, 0.1) is 21.3 Å². The molecule has 0 saturated carbocycles. The normalized spacial score (nSPS) is 12.1. The molecule has 0 unspecified atom stereocenters.